The number of pyridine rings is 1. The van der Waals surface area contributed by atoms with Gasteiger partial charge < -0.3 is 10.7 Å². The van der Waals surface area contributed by atoms with Gasteiger partial charge in [0, 0.05) is 18.0 Å². The van der Waals surface area contributed by atoms with E-state index in [2.05, 4.69) is 15.0 Å². The number of H-pyrrole nitrogens is 1. The number of hydrogen-bond acceptors (Lipinski definition) is 3. The zero-order valence-electron chi connectivity index (χ0n) is 6.66. The molecule has 0 saturated heterocycles. The molecule has 0 aliphatic heterocycles. The Hall–Kier alpha value is -1.55. The van der Waals surface area contributed by atoms with Crippen LogP contribution in [0, 0.1) is 0 Å². The highest BCUT2D eigenvalue weighted by Gasteiger charge is 2.07. The Kier molecular flexibility index (Phi) is 1.90. The van der Waals surface area contributed by atoms with Crippen molar-refractivity contribution in [2.24, 2.45) is 0 Å². The molecule has 0 amide bonds. The molecule has 4 nitrogen and oxygen atoms in total. The molecule has 2 aromatic heterocycles. The lowest BCUT2D eigenvalue weighted by Crippen LogP contribution is -1.85. The SMILES string of the molecule is Nc1nc(-c2cccnc2)c(Cl)[nH]1. The van der Waals surface area contributed by atoms with E-state index in [1.807, 2.05) is 12.1 Å². The number of nitrogens with two attached hydrogens (primary N) is 1. The van der Waals surface area contributed by atoms with Crippen LogP contribution in [-0.2, 0) is 0 Å². The molecule has 3 N–H and O–H groups in total. The van der Waals surface area contributed by atoms with E-state index >= 15 is 0 Å². The third kappa shape index (κ3) is 1.48. The average molecular weight is 195 g/mol. The fraction of sp³-hybridized carbons (Fsp3) is 0. The molecule has 2 aromatic rings. The van der Waals surface area contributed by atoms with Gasteiger partial charge in [0.2, 0.25) is 0 Å². The number of hydrogen-bond donors (Lipinski definition) is 2. The van der Waals surface area contributed by atoms with E-state index in [0.29, 0.717) is 16.8 Å². The van der Waals surface area contributed by atoms with Gasteiger partial charge in [-0.3, -0.25) is 4.98 Å². The largest absolute Gasteiger partial charge is 0.369 e. The number of rotatable bonds is 1. The van der Waals surface area contributed by atoms with Crippen molar-refractivity contribution in [2.75, 3.05) is 5.73 Å². The summed E-state index contributed by atoms with van der Waals surface area (Å²) in [4.78, 5) is 10.7. The third-order valence-corrected chi connectivity index (χ3v) is 1.89. The number of nitrogens with zero attached hydrogens (tertiary/aromatic N) is 2. The maximum atomic E-state index is 5.85. The van der Waals surface area contributed by atoms with E-state index in [1.165, 1.54) is 0 Å². The summed E-state index contributed by atoms with van der Waals surface area (Å²) in [5, 5.41) is 0.436. The molecule has 0 unspecified atom stereocenters. The number of halogens is 1. The van der Waals surface area contributed by atoms with Gasteiger partial charge in [-0.05, 0) is 12.1 Å². The van der Waals surface area contributed by atoms with Crippen LogP contribution in [0.3, 0.4) is 0 Å². The van der Waals surface area contributed by atoms with Gasteiger partial charge in [-0.25, -0.2) is 4.98 Å². The topological polar surface area (TPSA) is 67.6 Å². The minimum Gasteiger partial charge on any atom is -0.369 e. The molecular formula is C8H7ClN4. The first-order valence-electron chi connectivity index (χ1n) is 3.69. The minimum atomic E-state index is 0.309. The van der Waals surface area contributed by atoms with Gasteiger partial charge >= 0.3 is 0 Å². The molecule has 0 radical (unpaired) electrons. The van der Waals surface area contributed by atoms with Crippen molar-refractivity contribution in [3.8, 4) is 11.3 Å². The predicted molar refractivity (Wildman–Crippen MR) is 51.2 cm³/mol. The van der Waals surface area contributed by atoms with E-state index < -0.39 is 0 Å². The van der Waals surface area contributed by atoms with Crippen molar-refractivity contribution >= 4 is 17.5 Å². The normalized spacial score (nSPS) is 10.2. The maximum Gasteiger partial charge on any atom is 0.199 e. The highest BCUT2D eigenvalue weighted by molar-refractivity contribution is 6.32. The first kappa shape index (κ1) is 8.07. The zero-order valence-corrected chi connectivity index (χ0v) is 7.42. The molecule has 5 heteroatoms. The fourth-order valence-electron chi connectivity index (χ4n) is 1.06. The lowest BCUT2D eigenvalue weighted by Gasteiger charge is -1.93. The zero-order chi connectivity index (χ0) is 9.26. The lowest BCUT2D eigenvalue weighted by molar-refractivity contribution is 1.30. The molecule has 2 heterocycles. The Balaban J connectivity index is 2.53. The van der Waals surface area contributed by atoms with Crippen LogP contribution in [0.15, 0.2) is 24.5 Å². The van der Waals surface area contributed by atoms with Crippen LogP contribution in [0.1, 0.15) is 0 Å². The van der Waals surface area contributed by atoms with E-state index in [0.717, 1.165) is 5.56 Å². The molecule has 0 aromatic carbocycles. The van der Waals surface area contributed by atoms with Crippen molar-refractivity contribution in [3.63, 3.8) is 0 Å². The average Bonchev–Trinajstić information content (AvgIpc) is 2.47. The second-order valence-corrected chi connectivity index (χ2v) is 2.90. The van der Waals surface area contributed by atoms with E-state index in [4.69, 9.17) is 17.3 Å². The van der Waals surface area contributed by atoms with Crippen LogP contribution < -0.4 is 5.73 Å². The van der Waals surface area contributed by atoms with Crippen molar-refractivity contribution in [2.45, 2.75) is 0 Å². The van der Waals surface area contributed by atoms with Crippen molar-refractivity contribution in [1.29, 1.82) is 0 Å². The Morgan fingerprint density at radius 2 is 2.31 bits per heavy atom. The summed E-state index contributed by atoms with van der Waals surface area (Å²) >= 11 is 5.85. The first-order chi connectivity index (χ1) is 6.27. The van der Waals surface area contributed by atoms with Gasteiger partial charge in [-0.15, -0.1) is 0 Å². The Labute approximate surface area is 79.8 Å². The summed E-state index contributed by atoms with van der Waals surface area (Å²) in [5.41, 5.74) is 6.92. The molecule has 0 aliphatic carbocycles. The van der Waals surface area contributed by atoms with E-state index in [1.54, 1.807) is 12.4 Å². The van der Waals surface area contributed by atoms with Crippen LogP contribution in [0.25, 0.3) is 11.3 Å². The number of aromatic amines is 1. The monoisotopic (exact) mass is 194 g/mol. The quantitative estimate of drug-likeness (QED) is 0.726. The standard InChI is InChI=1S/C8H7ClN4/c9-7-6(12-8(10)13-7)5-2-1-3-11-4-5/h1-4H,(H3,10,12,13). The molecule has 0 spiro atoms. The van der Waals surface area contributed by atoms with E-state index in [-0.39, 0.29) is 0 Å². The lowest BCUT2D eigenvalue weighted by atomic mass is 10.2. The molecule has 0 aliphatic rings. The van der Waals surface area contributed by atoms with Crippen molar-refractivity contribution in [1.82, 2.24) is 15.0 Å². The second-order valence-electron chi connectivity index (χ2n) is 2.53. The summed E-state index contributed by atoms with van der Waals surface area (Å²) in [6.07, 6.45) is 3.37. The third-order valence-electron chi connectivity index (χ3n) is 1.61. The molecule has 2 rings (SSSR count). The molecule has 13 heavy (non-hydrogen) atoms. The van der Waals surface area contributed by atoms with Crippen LogP contribution in [0.4, 0.5) is 5.95 Å². The van der Waals surface area contributed by atoms with Gasteiger partial charge in [0.1, 0.15) is 10.8 Å². The number of imidazole rings is 1. The van der Waals surface area contributed by atoms with Crippen LogP contribution in [0.2, 0.25) is 5.15 Å². The highest BCUT2D eigenvalue weighted by Crippen LogP contribution is 2.24. The van der Waals surface area contributed by atoms with Gasteiger partial charge in [0.05, 0.1) is 0 Å². The second kappa shape index (κ2) is 3.06. The molecule has 0 fully saturated rings. The van der Waals surface area contributed by atoms with Gasteiger partial charge in [0.25, 0.3) is 0 Å². The van der Waals surface area contributed by atoms with Gasteiger partial charge in [-0.2, -0.15) is 0 Å². The summed E-state index contributed by atoms with van der Waals surface area (Å²) < 4.78 is 0. The molecule has 0 bridgehead atoms. The first-order valence-corrected chi connectivity index (χ1v) is 4.06. The van der Waals surface area contributed by atoms with E-state index in [9.17, 15) is 0 Å². The van der Waals surface area contributed by atoms with Crippen LogP contribution in [-0.4, -0.2) is 15.0 Å². The maximum absolute atomic E-state index is 5.85. The number of nitrogens with one attached hydrogen (secondary N) is 1. The summed E-state index contributed by atoms with van der Waals surface area (Å²) in [5.74, 6) is 0.309. The fourth-order valence-corrected chi connectivity index (χ4v) is 1.31. The Morgan fingerprint density at radius 3 is 2.85 bits per heavy atom. The predicted octanol–water partition coefficient (Wildman–Crippen LogP) is 1.71. The minimum absolute atomic E-state index is 0.309. The summed E-state index contributed by atoms with van der Waals surface area (Å²) in [6.45, 7) is 0. The van der Waals surface area contributed by atoms with Gasteiger partial charge in [0.15, 0.2) is 5.95 Å². The highest BCUT2D eigenvalue weighted by atomic mass is 35.5. The molecular weight excluding hydrogens is 188 g/mol. The number of anilines is 1. The Morgan fingerprint density at radius 1 is 1.46 bits per heavy atom. The number of aromatic nitrogens is 3. The smallest absolute Gasteiger partial charge is 0.199 e. The van der Waals surface area contributed by atoms with Crippen molar-refractivity contribution < 1.29 is 0 Å². The molecule has 0 atom stereocenters. The van der Waals surface area contributed by atoms with Crippen LogP contribution in [0.5, 0.6) is 0 Å². The summed E-state index contributed by atoms with van der Waals surface area (Å²) in [7, 11) is 0. The molecule has 66 valence electrons. The summed E-state index contributed by atoms with van der Waals surface area (Å²) in [6, 6.07) is 3.69. The molecule has 0 saturated carbocycles. The van der Waals surface area contributed by atoms with Gasteiger partial charge in [-0.1, -0.05) is 11.6 Å². The van der Waals surface area contributed by atoms with Crippen molar-refractivity contribution in [3.05, 3.63) is 29.7 Å². The number of nitrogen functional groups attached to an aromatic ring is 1. The van der Waals surface area contributed by atoms with Crippen LogP contribution >= 0.6 is 11.6 Å². The Bertz CT molecular complexity index is 409.